The monoisotopic (exact) mass is 340 g/mol. The zero-order valence-corrected chi connectivity index (χ0v) is 15.0. The van der Waals surface area contributed by atoms with E-state index >= 15 is 0 Å². The Hall–Kier alpha value is -2.47. The van der Waals surface area contributed by atoms with Gasteiger partial charge in [0.25, 0.3) is 0 Å². The second-order valence-corrected chi connectivity index (χ2v) is 6.53. The average molecular weight is 340 g/mol. The van der Waals surface area contributed by atoms with Crippen LogP contribution in [0.25, 0.3) is 0 Å². The van der Waals surface area contributed by atoms with E-state index in [1.54, 1.807) is 44.7 Å². The quantitative estimate of drug-likeness (QED) is 0.834. The number of ether oxygens (including phenoxy) is 1. The number of nitrogens with zero attached hydrogens (tertiary/aromatic N) is 4. The highest BCUT2D eigenvalue weighted by molar-refractivity contribution is 5.87. The van der Waals surface area contributed by atoms with E-state index in [0.717, 1.165) is 30.7 Å². The first-order chi connectivity index (χ1) is 12.1. The van der Waals surface area contributed by atoms with Crippen molar-refractivity contribution in [2.45, 2.75) is 24.9 Å². The van der Waals surface area contributed by atoms with Gasteiger partial charge in [-0.3, -0.25) is 19.7 Å². The molecule has 0 N–H and O–H groups in total. The molecule has 0 saturated carbocycles. The summed E-state index contributed by atoms with van der Waals surface area (Å²) in [6.45, 7) is 1.50. The van der Waals surface area contributed by atoms with Crippen LogP contribution in [-0.4, -0.2) is 53.4 Å². The maximum atomic E-state index is 13.2. The maximum absolute atomic E-state index is 13.2. The molecule has 0 unspecified atom stereocenters. The first kappa shape index (κ1) is 17.4. The van der Waals surface area contributed by atoms with Gasteiger partial charge in [0.1, 0.15) is 11.3 Å². The Morgan fingerprint density at radius 3 is 2.88 bits per heavy atom. The number of hydrogen-bond acceptors (Lipinski definition) is 5. The number of hydrogen-bond donors (Lipinski definition) is 0. The summed E-state index contributed by atoms with van der Waals surface area (Å²) in [5.74, 6) is 0.870. The molecule has 1 amide bonds. The lowest BCUT2D eigenvalue weighted by molar-refractivity contribution is -0.141. The molecule has 6 nitrogen and oxygen atoms in total. The number of carbonyl (C=O) groups is 1. The molecular formula is C19H24N4O2. The molecule has 0 bridgehead atoms. The fourth-order valence-electron chi connectivity index (χ4n) is 3.60. The molecule has 132 valence electrons. The second-order valence-electron chi connectivity index (χ2n) is 6.53. The Kier molecular flexibility index (Phi) is 4.99. The lowest BCUT2D eigenvalue weighted by Crippen LogP contribution is -2.52. The third kappa shape index (κ3) is 3.22. The van der Waals surface area contributed by atoms with E-state index < -0.39 is 5.54 Å². The van der Waals surface area contributed by atoms with Crippen molar-refractivity contribution < 1.29 is 9.53 Å². The number of aromatic nitrogens is 2. The van der Waals surface area contributed by atoms with Gasteiger partial charge in [-0.05, 0) is 37.1 Å². The minimum Gasteiger partial charge on any atom is -0.497 e. The molecular weight excluding hydrogens is 316 g/mol. The molecule has 1 aromatic carbocycles. The summed E-state index contributed by atoms with van der Waals surface area (Å²) in [5, 5.41) is 0. The summed E-state index contributed by atoms with van der Waals surface area (Å²) < 4.78 is 5.33. The summed E-state index contributed by atoms with van der Waals surface area (Å²) in [5.41, 5.74) is 1.07. The Morgan fingerprint density at radius 1 is 1.36 bits per heavy atom. The van der Waals surface area contributed by atoms with Crippen LogP contribution >= 0.6 is 0 Å². The minimum absolute atomic E-state index is 0.0494. The fourth-order valence-corrected chi connectivity index (χ4v) is 3.60. The molecule has 2 aromatic rings. The van der Waals surface area contributed by atoms with Gasteiger partial charge >= 0.3 is 0 Å². The van der Waals surface area contributed by atoms with Crippen LogP contribution in [0.4, 0.5) is 0 Å². The van der Waals surface area contributed by atoms with Crippen molar-refractivity contribution in [2.75, 3.05) is 27.7 Å². The van der Waals surface area contributed by atoms with Crippen molar-refractivity contribution in [3.8, 4) is 5.75 Å². The number of rotatable bonds is 5. The predicted octanol–water partition coefficient (Wildman–Crippen LogP) is 2.06. The van der Waals surface area contributed by atoms with E-state index in [1.807, 2.05) is 18.2 Å². The molecule has 25 heavy (non-hydrogen) atoms. The van der Waals surface area contributed by atoms with Crippen molar-refractivity contribution in [3.63, 3.8) is 0 Å². The van der Waals surface area contributed by atoms with E-state index in [1.165, 1.54) is 0 Å². The summed E-state index contributed by atoms with van der Waals surface area (Å²) in [7, 11) is 5.25. The number of likely N-dealkylation sites (tertiary alicyclic amines) is 1. The van der Waals surface area contributed by atoms with Crippen molar-refractivity contribution in [1.29, 1.82) is 0 Å². The van der Waals surface area contributed by atoms with Crippen LogP contribution in [0.1, 0.15) is 24.1 Å². The Bertz CT molecular complexity index is 735. The number of amides is 1. The van der Waals surface area contributed by atoms with Crippen LogP contribution in [0.5, 0.6) is 5.75 Å². The highest BCUT2D eigenvalue weighted by Crippen LogP contribution is 2.40. The van der Waals surface area contributed by atoms with Gasteiger partial charge in [-0.1, -0.05) is 12.1 Å². The molecule has 0 aliphatic carbocycles. The standard InChI is InChI=1S/C19H24N4O2/c1-22(2)18(24)19(17-13-20-9-10-21-17)8-5-11-23(19)14-15-6-4-7-16(12-15)25-3/h4,6-7,9-10,12-13H,5,8,11,14H2,1-3H3/t19-/m1/s1. The van der Waals surface area contributed by atoms with E-state index in [2.05, 4.69) is 20.9 Å². The first-order valence-corrected chi connectivity index (χ1v) is 8.44. The molecule has 1 aromatic heterocycles. The number of methoxy groups -OCH3 is 1. The first-order valence-electron chi connectivity index (χ1n) is 8.44. The van der Waals surface area contributed by atoms with Gasteiger partial charge < -0.3 is 9.64 Å². The smallest absolute Gasteiger partial charge is 0.248 e. The highest BCUT2D eigenvalue weighted by atomic mass is 16.5. The lowest BCUT2D eigenvalue weighted by atomic mass is 9.90. The maximum Gasteiger partial charge on any atom is 0.248 e. The Labute approximate surface area is 148 Å². The van der Waals surface area contributed by atoms with Crippen LogP contribution in [0.3, 0.4) is 0 Å². The molecule has 1 atom stereocenters. The van der Waals surface area contributed by atoms with E-state index in [4.69, 9.17) is 4.74 Å². The zero-order chi connectivity index (χ0) is 17.9. The van der Waals surface area contributed by atoms with E-state index in [9.17, 15) is 4.79 Å². The zero-order valence-electron chi connectivity index (χ0n) is 15.0. The summed E-state index contributed by atoms with van der Waals surface area (Å²) in [4.78, 5) is 25.7. The van der Waals surface area contributed by atoms with E-state index in [-0.39, 0.29) is 5.91 Å². The minimum atomic E-state index is -0.763. The largest absolute Gasteiger partial charge is 0.497 e. The molecule has 1 fully saturated rings. The van der Waals surface area contributed by atoms with Crippen LogP contribution in [0.15, 0.2) is 42.9 Å². The SMILES string of the molecule is COc1cccc(CN2CCC[C@]2(C(=O)N(C)C)c2cnccn2)c1. The van der Waals surface area contributed by atoms with E-state index in [0.29, 0.717) is 12.2 Å². The molecule has 6 heteroatoms. The number of likely N-dealkylation sites (N-methyl/N-ethyl adjacent to an activating group) is 1. The third-order valence-corrected chi connectivity index (χ3v) is 4.76. The van der Waals surface area contributed by atoms with Gasteiger partial charge in [0.2, 0.25) is 5.91 Å². The van der Waals surface area contributed by atoms with Gasteiger partial charge in [0, 0.05) is 33.0 Å². The van der Waals surface area contributed by atoms with Gasteiger partial charge in [-0.25, -0.2) is 0 Å². The summed E-state index contributed by atoms with van der Waals surface area (Å²) in [6.07, 6.45) is 6.69. The highest BCUT2D eigenvalue weighted by Gasteiger charge is 2.50. The van der Waals surface area contributed by atoms with Crippen LogP contribution in [0, 0.1) is 0 Å². The van der Waals surface area contributed by atoms with Crippen molar-refractivity contribution >= 4 is 5.91 Å². The van der Waals surface area contributed by atoms with Crippen LogP contribution in [0.2, 0.25) is 0 Å². The summed E-state index contributed by atoms with van der Waals surface area (Å²) in [6, 6.07) is 7.97. The second kappa shape index (κ2) is 7.19. The van der Waals surface area contributed by atoms with Crippen LogP contribution in [-0.2, 0) is 16.9 Å². The average Bonchev–Trinajstić information content (AvgIpc) is 3.06. The molecule has 0 spiro atoms. The molecule has 1 aliphatic heterocycles. The van der Waals surface area contributed by atoms with Gasteiger partial charge in [0.05, 0.1) is 19.0 Å². The molecule has 3 rings (SSSR count). The van der Waals surface area contributed by atoms with Gasteiger partial charge in [-0.15, -0.1) is 0 Å². The van der Waals surface area contributed by atoms with Crippen LogP contribution < -0.4 is 4.74 Å². The Balaban J connectivity index is 2.00. The Morgan fingerprint density at radius 2 is 2.20 bits per heavy atom. The lowest BCUT2D eigenvalue weighted by Gasteiger charge is -2.38. The van der Waals surface area contributed by atoms with Gasteiger partial charge in [-0.2, -0.15) is 0 Å². The molecule has 1 aliphatic rings. The topological polar surface area (TPSA) is 58.6 Å². The van der Waals surface area contributed by atoms with Crippen molar-refractivity contribution in [3.05, 3.63) is 54.1 Å². The van der Waals surface area contributed by atoms with Crippen molar-refractivity contribution in [2.24, 2.45) is 0 Å². The third-order valence-electron chi connectivity index (χ3n) is 4.76. The number of carbonyl (C=O) groups excluding carboxylic acids is 1. The predicted molar refractivity (Wildman–Crippen MR) is 95.0 cm³/mol. The fraction of sp³-hybridized carbons (Fsp3) is 0.421. The number of benzene rings is 1. The van der Waals surface area contributed by atoms with Crippen molar-refractivity contribution in [1.82, 2.24) is 19.8 Å². The normalized spacial score (nSPS) is 20.4. The van der Waals surface area contributed by atoms with Gasteiger partial charge in [0.15, 0.2) is 0 Å². The molecule has 1 saturated heterocycles. The molecule has 0 radical (unpaired) electrons. The summed E-state index contributed by atoms with van der Waals surface area (Å²) >= 11 is 0. The molecule has 2 heterocycles.